The van der Waals surface area contributed by atoms with Crippen LogP contribution in [0.1, 0.15) is 19.6 Å². The monoisotopic (exact) mass is 537 g/mol. The molecule has 2 aliphatic heterocycles. The highest BCUT2D eigenvalue weighted by Crippen LogP contribution is 2.50. The average molecular weight is 537 g/mol. The summed E-state index contributed by atoms with van der Waals surface area (Å²) in [5, 5.41) is 62.5. The minimum Gasteiger partial charge on any atom is -0.394 e. The zero-order valence-electron chi connectivity index (χ0n) is 19.4. The van der Waals surface area contributed by atoms with Crippen molar-refractivity contribution in [1.82, 2.24) is 14.9 Å². The molecule has 0 saturated carbocycles. The van der Waals surface area contributed by atoms with Gasteiger partial charge in [0.15, 0.2) is 6.23 Å². The molecule has 0 aromatic carbocycles. The molecule has 0 spiro atoms. The molecule has 0 radical (unpaired) electrons. The molecule has 36 heavy (non-hydrogen) atoms. The number of hydrogen-bond donors (Lipinski definition) is 8. The number of aromatic nitrogens is 2. The van der Waals surface area contributed by atoms with Crippen molar-refractivity contribution in [3.8, 4) is 0 Å². The molecule has 2 fully saturated rings. The van der Waals surface area contributed by atoms with E-state index in [1.54, 1.807) is 6.92 Å². The van der Waals surface area contributed by atoms with Gasteiger partial charge >= 0.3 is 13.3 Å². The normalized spacial score (nSPS) is 35.3. The van der Waals surface area contributed by atoms with Gasteiger partial charge in [0.25, 0.3) is 5.56 Å². The van der Waals surface area contributed by atoms with Crippen LogP contribution in [0.15, 0.2) is 33.7 Å². The first-order valence-corrected chi connectivity index (χ1v) is 12.9. The Balaban J connectivity index is 1.62. The lowest BCUT2D eigenvalue weighted by Crippen LogP contribution is -2.45. The van der Waals surface area contributed by atoms with Crippen LogP contribution in [0.2, 0.25) is 0 Å². The van der Waals surface area contributed by atoms with Crippen LogP contribution in [0.25, 0.3) is 0 Å². The van der Waals surface area contributed by atoms with Gasteiger partial charge < -0.3 is 49.7 Å². The third-order valence-corrected chi connectivity index (χ3v) is 7.71. The summed E-state index contributed by atoms with van der Waals surface area (Å²) < 4.78 is 30.2. The Morgan fingerprint density at radius 2 is 1.89 bits per heavy atom. The third-order valence-electron chi connectivity index (χ3n) is 6.01. The summed E-state index contributed by atoms with van der Waals surface area (Å²) in [6, 6.07) is -0.624. The maximum absolute atomic E-state index is 13.1. The highest BCUT2D eigenvalue weighted by molar-refractivity contribution is 7.57. The molecule has 8 N–H and O–H groups in total. The number of H-pyrrole nitrogens is 1. The van der Waals surface area contributed by atoms with Crippen LogP contribution in [0.5, 0.6) is 0 Å². The Hall–Kier alpha value is -1.75. The van der Waals surface area contributed by atoms with E-state index >= 15 is 0 Å². The number of rotatable bonds is 11. The fourth-order valence-electron chi connectivity index (χ4n) is 4.10. The fourth-order valence-corrected chi connectivity index (χ4v) is 5.44. The van der Waals surface area contributed by atoms with Crippen molar-refractivity contribution < 1.29 is 49.0 Å². The first-order chi connectivity index (χ1) is 17.0. The second kappa shape index (κ2) is 12.2. The summed E-state index contributed by atoms with van der Waals surface area (Å²) in [5.74, 6) is 1.13. The summed E-state index contributed by atoms with van der Waals surface area (Å²) in [6.45, 7) is 0.481. The van der Waals surface area contributed by atoms with Crippen LogP contribution < -0.4 is 16.6 Å². The first kappa shape index (κ1) is 28.8. The van der Waals surface area contributed by atoms with E-state index in [9.17, 15) is 39.7 Å². The van der Waals surface area contributed by atoms with Gasteiger partial charge in [0, 0.05) is 24.1 Å². The minimum absolute atomic E-state index is 0.00149. The lowest BCUT2D eigenvalue weighted by Gasteiger charge is -2.20. The molecule has 0 aliphatic carbocycles. The smallest absolute Gasteiger partial charge is 0.353 e. The van der Waals surface area contributed by atoms with E-state index in [2.05, 4.69) is 5.32 Å². The number of ether oxygens (including phenoxy) is 1. The topological polar surface area (TPSA) is 233 Å². The van der Waals surface area contributed by atoms with Gasteiger partial charge in [-0.3, -0.25) is 18.9 Å². The van der Waals surface area contributed by atoms with E-state index in [1.807, 2.05) is 4.98 Å². The first-order valence-electron chi connectivity index (χ1n) is 11.3. The Morgan fingerprint density at radius 3 is 2.53 bits per heavy atom. The molecule has 0 bridgehead atoms. The molecule has 16 heteroatoms. The van der Waals surface area contributed by atoms with E-state index in [-0.39, 0.29) is 13.0 Å². The molecular weight excluding hydrogens is 505 g/mol. The fraction of sp³-hybridized carbons (Fsp3) is 0.700. The summed E-state index contributed by atoms with van der Waals surface area (Å²) in [6.07, 6.45) is -6.90. The molecule has 204 valence electrons. The third kappa shape index (κ3) is 6.38. The number of aromatic amines is 1. The molecule has 10 atom stereocenters. The maximum Gasteiger partial charge on any atom is 0.353 e. The molecule has 1 unspecified atom stereocenters. The molecule has 3 rings (SSSR count). The minimum atomic E-state index is -3.89. The zero-order valence-corrected chi connectivity index (χ0v) is 20.3. The van der Waals surface area contributed by atoms with E-state index in [1.165, 1.54) is 6.08 Å². The number of nitrogens with zero attached hydrogens (tertiary/aromatic N) is 1. The molecular formula is C20H32N3O12P. The number of aliphatic hydroxyl groups excluding tert-OH is 6. The number of aliphatic hydroxyl groups is 6. The Morgan fingerprint density at radius 1 is 1.17 bits per heavy atom. The van der Waals surface area contributed by atoms with Crippen LogP contribution in [0.3, 0.4) is 0 Å². The van der Waals surface area contributed by atoms with Crippen molar-refractivity contribution in [2.24, 2.45) is 0 Å². The van der Waals surface area contributed by atoms with Crippen molar-refractivity contribution >= 4 is 7.60 Å². The highest BCUT2D eigenvalue weighted by atomic mass is 31.2. The maximum atomic E-state index is 13.1. The predicted octanol–water partition coefficient (Wildman–Crippen LogP) is -3.28. The predicted molar refractivity (Wildman–Crippen MR) is 122 cm³/mol. The summed E-state index contributed by atoms with van der Waals surface area (Å²) >= 11 is 0. The van der Waals surface area contributed by atoms with Gasteiger partial charge in [0.2, 0.25) is 0 Å². The van der Waals surface area contributed by atoms with Gasteiger partial charge in [-0.05, 0) is 13.3 Å². The van der Waals surface area contributed by atoms with Gasteiger partial charge in [0.05, 0.1) is 44.2 Å². The molecule has 3 heterocycles. The summed E-state index contributed by atoms with van der Waals surface area (Å²) in [4.78, 5) is 25.3. The van der Waals surface area contributed by atoms with Gasteiger partial charge in [-0.1, -0.05) is 6.08 Å². The number of nitrogens with one attached hydrogen (secondary N) is 2. The van der Waals surface area contributed by atoms with Gasteiger partial charge in [-0.25, -0.2) is 4.79 Å². The van der Waals surface area contributed by atoms with Crippen LogP contribution in [0, 0.1) is 0 Å². The van der Waals surface area contributed by atoms with Crippen LogP contribution in [0.4, 0.5) is 0 Å². The Bertz CT molecular complexity index is 1060. The second-order valence-electron chi connectivity index (χ2n) is 8.47. The summed E-state index contributed by atoms with van der Waals surface area (Å²) in [5.41, 5.74) is -1.51. The molecule has 15 nitrogen and oxygen atoms in total. The van der Waals surface area contributed by atoms with Crippen molar-refractivity contribution in [3.63, 3.8) is 0 Å². The molecule has 2 aliphatic rings. The summed E-state index contributed by atoms with van der Waals surface area (Å²) in [7, 11) is -3.89. The lowest BCUT2D eigenvalue weighted by atomic mass is 10.0. The molecule has 0 amide bonds. The number of hydrogen-bond acceptors (Lipinski definition) is 13. The zero-order chi connectivity index (χ0) is 26.6. The van der Waals surface area contributed by atoms with E-state index in [4.69, 9.17) is 18.9 Å². The standard InChI is InChI=1S/C20H32N3O12P/c1-2-33-36(32,7-3-4-10-15(27)17(29)14(21-10)11(25)8-24)34-9-12-16(28)18(30)19(35-12)23-6-5-13(26)22-20(23)31/h3,5-7,10-12,14-19,21,24-25,27-30H,2,4,8-9H2,1H3,(H,22,26,31)/b7-3+/t10-,11-,12-,14+,15+,16-,17+,18-,19-,36?/m1/s1. The van der Waals surface area contributed by atoms with Gasteiger partial charge in [-0.2, -0.15) is 0 Å². The van der Waals surface area contributed by atoms with Crippen LogP contribution in [-0.2, 0) is 18.3 Å². The van der Waals surface area contributed by atoms with E-state index in [0.717, 1.165) is 22.6 Å². The Kier molecular flexibility index (Phi) is 9.76. The van der Waals surface area contributed by atoms with Gasteiger partial charge in [0.1, 0.15) is 18.3 Å². The van der Waals surface area contributed by atoms with E-state index in [0.29, 0.717) is 0 Å². The molecule has 1 aromatic heterocycles. The second-order valence-corrected chi connectivity index (χ2v) is 10.4. The van der Waals surface area contributed by atoms with Crippen molar-refractivity contribution in [2.75, 3.05) is 19.8 Å². The Labute approximate surface area is 205 Å². The average Bonchev–Trinajstić information content (AvgIpc) is 3.28. The van der Waals surface area contributed by atoms with Crippen LogP contribution >= 0.6 is 7.60 Å². The quantitative estimate of drug-likeness (QED) is 0.130. The SMILES string of the molecule is CCOP(=O)(/C=C/C[C@H]1N[C@@H]([C@H](O)CO)[C@H](O)[C@H]1O)OC[C@H]1O[C@@H](n2ccc(=O)[nH]c2=O)[C@H](O)[C@@H]1O. The van der Waals surface area contributed by atoms with Gasteiger partial charge in [-0.15, -0.1) is 0 Å². The molecule has 1 aromatic rings. The lowest BCUT2D eigenvalue weighted by molar-refractivity contribution is -0.0527. The van der Waals surface area contributed by atoms with Crippen molar-refractivity contribution in [2.45, 2.75) is 68.3 Å². The largest absolute Gasteiger partial charge is 0.394 e. The van der Waals surface area contributed by atoms with Crippen LogP contribution in [-0.4, -0.2) is 109 Å². The highest BCUT2D eigenvalue weighted by Gasteiger charge is 2.45. The van der Waals surface area contributed by atoms with Crippen molar-refractivity contribution in [1.29, 1.82) is 0 Å². The molecule has 2 saturated heterocycles. The van der Waals surface area contributed by atoms with Crippen molar-refractivity contribution in [3.05, 3.63) is 45.0 Å². The van der Waals surface area contributed by atoms with E-state index < -0.39 is 87.0 Å².